The predicted molar refractivity (Wildman–Crippen MR) is 67.4 cm³/mol. The zero-order valence-electron chi connectivity index (χ0n) is 9.96. The van der Waals surface area contributed by atoms with E-state index in [2.05, 4.69) is 0 Å². The van der Waals surface area contributed by atoms with Crippen molar-refractivity contribution in [3.63, 3.8) is 0 Å². The van der Waals surface area contributed by atoms with Crippen LogP contribution < -0.4 is 4.74 Å². The normalized spacial score (nSPS) is 23.7. The SMILES string of the molecule is COc1cc(C(=O)C2(C)CCCS2)ccc1F. The van der Waals surface area contributed by atoms with Gasteiger partial charge in [-0.05, 0) is 43.7 Å². The van der Waals surface area contributed by atoms with Crippen LogP contribution in [0.2, 0.25) is 0 Å². The monoisotopic (exact) mass is 254 g/mol. The Morgan fingerprint density at radius 3 is 2.88 bits per heavy atom. The molecule has 4 heteroatoms. The van der Waals surface area contributed by atoms with E-state index < -0.39 is 5.82 Å². The van der Waals surface area contributed by atoms with E-state index in [1.54, 1.807) is 11.8 Å². The second kappa shape index (κ2) is 4.69. The first-order chi connectivity index (χ1) is 8.07. The van der Waals surface area contributed by atoms with Crippen molar-refractivity contribution in [1.82, 2.24) is 0 Å². The highest BCUT2D eigenvalue weighted by atomic mass is 32.2. The van der Waals surface area contributed by atoms with Crippen molar-refractivity contribution in [3.05, 3.63) is 29.6 Å². The summed E-state index contributed by atoms with van der Waals surface area (Å²) in [6, 6.07) is 4.31. The molecule has 1 fully saturated rings. The van der Waals surface area contributed by atoms with E-state index in [1.807, 2.05) is 6.92 Å². The van der Waals surface area contributed by atoms with Crippen LogP contribution in [-0.2, 0) is 0 Å². The van der Waals surface area contributed by atoms with Crippen molar-refractivity contribution in [1.29, 1.82) is 0 Å². The van der Waals surface area contributed by atoms with Crippen LogP contribution in [0.15, 0.2) is 18.2 Å². The molecule has 0 aromatic heterocycles. The Morgan fingerprint density at radius 1 is 1.53 bits per heavy atom. The number of Topliss-reactive ketones (excluding diaryl/α,β-unsaturated/α-hetero) is 1. The number of carbonyl (C=O) groups is 1. The standard InChI is InChI=1S/C13H15FO2S/c1-13(6-3-7-17-13)12(15)9-4-5-10(14)11(8-9)16-2/h4-5,8H,3,6-7H2,1-2H3. The molecule has 1 atom stereocenters. The van der Waals surface area contributed by atoms with Crippen LogP contribution in [0, 0.1) is 5.82 Å². The fourth-order valence-corrected chi connectivity index (χ4v) is 3.34. The lowest BCUT2D eigenvalue weighted by atomic mass is 9.94. The van der Waals surface area contributed by atoms with Crippen molar-refractivity contribution < 1.29 is 13.9 Å². The fraction of sp³-hybridized carbons (Fsp3) is 0.462. The van der Waals surface area contributed by atoms with Gasteiger partial charge < -0.3 is 4.74 Å². The average Bonchev–Trinajstić information content (AvgIpc) is 2.77. The summed E-state index contributed by atoms with van der Waals surface area (Å²) >= 11 is 1.68. The molecule has 1 aliphatic heterocycles. The van der Waals surface area contributed by atoms with E-state index in [4.69, 9.17) is 4.74 Å². The summed E-state index contributed by atoms with van der Waals surface area (Å²) in [5.74, 6) is 0.773. The Balaban J connectivity index is 2.31. The molecular weight excluding hydrogens is 239 g/mol. The molecular formula is C13H15FO2S. The third-order valence-corrected chi connectivity index (χ3v) is 4.63. The number of halogens is 1. The molecule has 0 radical (unpaired) electrons. The molecule has 0 aliphatic carbocycles. The van der Waals surface area contributed by atoms with Gasteiger partial charge in [0, 0.05) is 5.56 Å². The van der Waals surface area contributed by atoms with Crippen molar-refractivity contribution in [2.75, 3.05) is 12.9 Å². The third-order valence-electron chi connectivity index (χ3n) is 3.11. The van der Waals surface area contributed by atoms with Crippen LogP contribution in [0.5, 0.6) is 5.75 Å². The number of hydrogen-bond donors (Lipinski definition) is 0. The summed E-state index contributed by atoms with van der Waals surface area (Å²) in [4.78, 5) is 12.3. The number of ether oxygens (including phenoxy) is 1. The van der Waals surface area contributed by atoms with E-state index in [0.29, 0.717) is 5.56 Å². The molecule has 2 rings (SSSR count). The first-order valence-corrected chi connectivity index (χ1v) is 6.58. The summed E-state index contributed by atoms with van der Waals surface area (Å²) in [5, 5.41) is 0. The third kappa shape index (κ3) is 2.32. The van der Waals surface area contributed by atoms with Gasteiger partial charge in [-0.3, -0.25) is 4.79 Å². The van der Waals surface area contributed by atoms with Gasteiger partial charge in [-0.2, -0.15) is 0 Å². The quantitative estimate of drug-likeness (QED) is 0.774. The van der Waals surface area contributed by atoms with Gasteiger partial charge in [-0.1, -0.05) is 0 Å². The summed E-state index contributed by atoms with van der Waals surface area (Å²) in [7, 11) is 1.40. The number of rotatable bonds is 3. The van der Waals surface area contributed by atoms with Gasteiger partial charge in [-0.25, -0.2) is 4.39 Å². The van der Waals surface area contributed by atoms with Gasteiger partial charge >= 0.3 is 0 Å². The predicted octanol–water partition coefficient (Wildman–Crippen LogP) is 3.30. The van der Waals surface area contributed by atoms with E-state index in [0.717, 1.165) is 18.6 Å². The van der Waals surface area contributed by atoms with Gasteiger partial charge in [0.25, 0.3) is 0 Å². The van der Waals surface area contributed by atoms with Crippen LogP contribution in [0.3, 0.4) is 0 Å². The molecule has 17 heavy (non-hydrogen) atoms. The maximum absolute atomic E-state index is 13.3. The Morgan fingerprint density at radius 2 is 2.29 bits per heavy atom. The van der Waals surface area contributed by atoms with Crippen LogP contribution >= 0.6 is 11.8 Å². The highest BCUT2D eigenvalue weighted by molar-refractivity contribution is 8.01. The molecule has 0 bridgehead atoms. The Bertz CT molecular complexity index is 439. The molecule has 1 aliphatic rings. The van der Waals surface area contributed by atoms with E-state index >= 15 is 0 Å². The number of thioether (sulfide) groups is 1. The molecule has 1 heterocycles. The molecule has 1 aromatic rings. The maximum Gasteiger partial charge on any atom is 0.178 e. The Labute approximate surface area is 105 Å². The molecule has 0 amide bonds. The Hall–Kier alpha value is -1.03. The average molecular weight is 254 g/mol. The largest absolute Gasteiger partial charge is 0.494 e. The number of ketones is 1. The fourth-order valence-electron chi connectivity index (χ4n) is 2.06. The van der Waals surface area contributed by atoms with Crippen LogP contribution in [0.4, 0.5) is 4.39 Å². The minimum Gasteiger partial charge on any atom is -0.494 e. The van der Waals surface area contributed by atoms with E-state index in [1.165, 1.54) is 25.3 Å². The van der Waals surface area contributed by atoms with E-state index in [-0.39, 0.29) is 16.3 Å². The number of methoxy groups -OCH3 is 1. The summed E-state index contributed by atoms with van der Waals surface area (Å²) < 4.78 is 17.8. The lowest BCUT2D eigenvalue weighted by Gasteiger charge is -2.21. The van der Waals surface area contributed by atoms with Crippen molar-refractivity contribution >= 4 is 17.5 Å². The minimum atomic E-state index is -0.437. The second-order valence-corrected chi connectivity index (χ2v) is 5.96. The van der Waals surface area contributed by atoms with Gasteiger partial charge in [0.15, 0.2) is 17.3 Å². The summed E-state index contributed by atoms with van der Waals surface area (Å²) in [6.45, 7) is 1.96. The molecule has 1 unspecified atom stereocenters. The van der Waals surface area contributed by atoms with Gasteiger partial charge in [-0.15, -0.1) is 11.8 Å². The van der Waals surface area contributed by atoms with Crippen molar-refractivity contribution in [2.45, 2.75) is 24.5 Å². The van der Waals surface area contributed by atoms with E-state index in [9.17, 15) is 9.18 Å². The number of benzene rings is 1. The van der Waals surface area contributed by atoms with Gasteiger partial charge in [0.1, 0.15) is 0 Å². The lowest BCUT2D eigenvalue weighted by molar-refractivity contribution is 0.0948. The molecule has 0 saturated carbocycles. The maximum atomic E-state index is 13.3. The molecule has 0 N–H and O–H groups in total. The number of hydrogen-bond acceptors (Lipinski definition) is 3. The van der Waals surface area contributed by atoms with Crippen molar-refractivity contribution in [3.8, 4) is 5.75 Å². The highest BCUT2D eigenvalue weighted by Gasteiger charge is 2.37. The summed E-state index contributed by atoms with van der Waals surface area (Å²) in [5.41, 5.74) is 0.528. The Kier molecular flexibility index (Phi) is 3.43. The van der Waals surface area contributed by atoms with Gasteiger partial charge in [0.2, 0.25) is 0 Å². The second-order valence-electron chi connectivity index (χ2n) is 4.36. The minimum absolute atomic E-state index is 0.0679. The van der Waals surface area contributed by atoms with Crippen LogP contribution in [-0.4, -0.2) is 23.4 Å². The smallest absolute Gasteiger partial charge is 0.178 e. The molecule has 0 spiro atoms. The highest BCUT2D eigenvalue weighted by Crippen LogP contribution is 2.40. The molecule has 1 saturated heterocycles. The van der Waals surface area contributed by atoms with Crippen LogP contribution in [0.1, 0.15) is 30.1 Å². The molecule has 1 aromatic carbocycles. The van der Waals surface area contributed by atoms with Gasteiger partial charge in [0.05, 0.1) is 11.9 Å². The molecule has 2 nitrogen and oxygen atoms in total. The topological polar surface area (TPSA) is 26.3 Å². The first kappa shape index (κ1) is 12.4. The zero-order chi connectivity index (χ0) is 12.5. The summed E-state index contributed by atoms with van der Waals surface area (Å²) in [6.07, 6.45) is 1.95. The lowest BCUT2D eigenvalue weighted by Crippen LogP contribution is -2.28. The van der Waals surface area contributed by atoms with Crippen molar-refractivity contribution in [2.24, 2.45) is 0 Å². The number of carbonyl (C=O) groups excluding carboxylic acids is 1. The van der Waals surface area contributed by atoms with Crippen LogP contribution in [0.25, 0.3) is 0 Å². The zero-order valence-corrected chi connectivity index (χ0v) is 10.8. The first-order valence-electron chi connectivity index (χ1n) is 5.59. The molecule has 92 valence electrons.